The van der Waals surface area contributed by atoms with Gasteiger partial charge < -0.3 is 9.84 Å². The molecule has 1 fully saturated rings. The Bertz CT molecular complexity index is 1310. The number of thioether (sulfide) groups is 1. The van der Waals surface area contributed by atoms with Crippen molar-refractivity contribution in [3.63, 3.8) is 0 Å². The van der Waals surface area contributed by atoms with Crippen molar-refractivity contribution >= 4 is 46.0 Å². The van der Waals surface area contributed by atoms with E-state index in [1.54, 1.807) is 36.9 Å². The number of ether oxygens (including phenoxy) is 1. The number of phenolic OH excluding ortho intramolecular Hbond substituents is 1. The summed E-state index contributed by atoms with van der Waals surface area (Å²) < 4.78 is 8.93. The summed E-state index contributed by atoms with van der Waals surface area (Å²) in [5.41, 5.74) is 1.92. The van der Waals surface area contributed by atoms with Gasteiger partial charge in [0, 0.05) is 7.05 Å². The fourth-order valence-electron chi connectivity index (χ4n) is 3.52. The fourth-order valence-corrected chi connectivity index (χ4v) is 4.79. The van der Waals surface area contributed by atoms with Gasteiger partial charge in [-0.3, -0.25) is 19.2 Å². The number of carbonyl (C=O) groups is 1. The van der Waals surface area contributed by atoms with Crippen LogP contribution in [-0.2, 0) is 11.8 Å². The van der Waals surface area contributed by atoms with Crippen LogP contribution in [-0.4, -0.2) is 31.3 Å². The third-order valence-electron chi connectivity index (χ3n) is 5.12. The molecule has 32 heavy (non-hydrogen) atoms. The maximum atomic E-state index is 13.3. The van der Waals surface area contributed by atoms with Crippen molar-refractivity contribution in [2.24, 2.45) is 7.05 Å². The molecule has 0 radical (unpaired) electrons. The molecule has 4 rings (SSSR count). The van der Waals surface area contributed by atoms with Crippen molar-refractivity contribution in [2.45, 2.75) is 13.8 Å². The number of carbonyl (C=O) groups excluding carboxylic acids is 1. The summed E-state index contributed by atoms with van der Waals surface area (Å²) in [6.45, 7) is 4.01. The molecule has 9 heteroatoms. The number of para-hydroxylation sites is 1. The van der Waals surface area contributed by atoms with Crippen molar-refractivity contribution in [1.29, 1.82) is 0 Å². The molecule has 1 N–H and O–H groups in total. The summed E-state index contributed by atoms with van der Waals surface area (Å²) >= 11 is 6.61. The predicted octanol–water partition coefficient (Wildman–Crippen LogP) is 3.99. The van der Waals surface area contributed by atoms with Crippen LogP contribution in [0.2, 0.25) is 0 Å². The molecule has 1 aromatic heterocycles. The number of hydrogen-bond acceptors (Lipinski definition) is 6. The maximum Gasteiger partial charge on any atom is 0.296 e. The smallest absolute Gasteiger partial charge is 0.296 e. The third kappa shape index (κ3) is 3.74. The Morgan fingerprint density at radius 1 is 1.16 bits per heavy atom. The molecule has 2 heterocycles. The molecule has 0 aliphatic carbocycles. The minimum absolute atomic E-state index is 0.0259. The Morgan fingerprint density at radius 2 is 1.88 bits per heavy atom. The Kier molecular flexibility index (Phi) is 5.94. The zero-order valence-electron chi connectivity index (χ0n) is 17.7. The average molecular weight is 468 g/mol. The molecule has 0 atom stereocenters. The van der Waals surface area contributed by atoms with Crippen LogP contribution in [0.15, 0.2) is 58.2 Å². The van der Waals surface area contributed by atoms with Gasteiger partial charge in [0.15, 0.2) is 15.8 Å². The minimum atomic E-state index is -0.364. The largest absolute Gasteiger partial charge is 0.504 e. The van der Waals surface area contributed by atoms with Crippen molar-refractivity contribution in [2.75, 3.05) is 11.5 Å². The van der Waals surface area contributed by atoms with E-state index in [4.69, 9.17) is 17.0 Å². The van der Waals surface area contributed by atoms with Crippen LogP contribution >= 0.6 is 24.0 Å². The summed E-state index contributed by atoms with van der Waals surface area (Å²) in [5, 5.41) is 9.91. The SMILES string of the molecule is CCOc1cc(/C=C2\SC(=S)N(c3c(C)n(C)n(-c4ccccc4)c3=O)C2=O)ccc1O. The second kappa shape index (κ2) is 8.68. The standard InChI is InChI=1S/C23H21N3O4S2/c1-4-30-18-12-15(10-11-17(18)27)13-19-21(28)25(23(31)32-19)20-14(2)24(3)26(22(20)29)16-8-6-5-7-9-16/h5-13,27H,4H2,1-3H3/b19-13-. The number of aromatic nitrogens is 2. The molecule has 1 amide bonds. The van der Waals surface area contributed by atoms with Crippen LogP contribution in [0.3, 0.4) is 0 Å². The van der Waals surface area contributed by atoms with Gasteiger partial charge >= 0.3 is 0 Å². The molecule has 0 saturated carbocycles. The van der Waals surface area contributed by atoms with Crippen LogP contribution in [0.4, 0.5) is 5.69 Å². The molecule has 3 aromatic rings. The first-order valence-electron chi connectivity index (χ1n) is 9.91. The van der Waals surface area contributed by atoms with E-state index in [1.165, 1.54) is 15.6 Å². The highest BCUT2D eigenvalue weighted by Crippen LogP contribution is 2.37. The first-order valence-corrected chi connectivity index (χ1v) is 11.1. The van der Waals surface area contributed by atoms with Gasteiger partial charge in [-0.25, -0.2) is 4.68 Å². The third-order valence-corrected chi connectivity index (χ3v) is 6.42. The number of rotatable bonds is 5. The molecule has 7 nitrogen and oxygen atoms in total. The number of anilines is 1. The van der Waals surface area contributed by atoms with E-state index in [9.17, 15) is 14.7 Å². The van der Waals surface area contributed by atoms with Gasteiger partial charge in [-0.1, -0.05) is 48.2 Å². The topological polar surface area (TPSA) is 76.7 Å². The maximum absolute atomic E-state index is 13.3. The van der Waals surface area contributed by atoms with Crippen molar-refractivity contribution in [3.05, 3.63) is 75.0 Å². The van der Waals surface area contributed by atoms with Gasteiger partial charge in [0.25, 0.3) is 11.5 Å². The highest BCUT2D eigenvalue weighted by molar-refractivity contribution is 8.27. The second-order valence-corrected chi connectivity index (χ2v) is 8.76. The predicted molar refractivity (Wildman–Crippen MR) is 131 cm³/mol. The summed E-state index contributed by atoms with van der Waals surface area (Å²) in [5.74, 6) is -0.00338. The summed E-state index contributed by atoms with van der Waals surface area (Å²) in [6.07, 6.45) is 1.68. The second-order valence-electron chi connectivity index (χ2n) is 7.09. The quantitative estimate of drug-likeness (QED) is 0.452. The van der Waals surface area contributed by atoms with E-state index >= 15 is 0 Å². The van der Waals surface area contributed by atoms with Gasteiger partial charge in [0.2, 0.25) is 0 Å². The van der Waals surface area contributed by atoms with Gasteiger partial charge in [0.05, 0.1) is 22.9 Å². The molecule has 1 aliphatic rings. The molecule has 164 valence electrons. The molecule has 1 saturated heterocycles. The van der Waals surface area contributed by atoms with Crippen molar-refractivity contribution in [1.82, 2.24) is 9.36 Å². The van der Waals surface area contributed by atoms with Crippen LogP contribution < -0.4 is 15.2 Å². The van der Waals surface area contributed by atoms with E-state index in [1.807, 2.05) is 37.3 Å². The fraction of sp³-hybridized carbons (Fsp3) is 0.174. The first-order chi connectivity index (χ1) is 15.3. The van der Waals surface area contributed by atoms with Gasteiger partial charge in [-0.2, -0.15) is 0 Å². The lowest BCUT2D eigenvalue weighted by atomic mass is 10.2. The Hall–Kier alpha value is -3.30. The first kappa shape index (κ1) is 21.9. The van der Waals surface area contributed by atoms with Crippen LogP contribution in [0, 0.1) is 6.92 Å². The molecule has 1 aliphatic heterocycles. The van der Waals surface area contributed by atoms with Crippen LogP contribution in [0.1, 0.15) is 18.2 Å². The molecule has 0 unspecified atom stereocenters. The summed E-state index contributed by atoms with van der Waals surface area (Å²) in [6, 6.07) is 14.1. The average Bonchev–Trinajstić information content (AvgIpc) is 3.16. The molecular formula is C23H21N3O4S2. The summed E-state index contributed by atoms with van der Waals surface area (Å²) in [4.78, 5) is 28.3. The number of aromatic hydroxyl groups is 1. The molecule has 0 bridgehead atoms. The Labute approximate surface area is 194 Å². The summed E-state index contributed by atoms with van der Waals surface area (Å²) in [7, 11) is 1.77. The van der Waals surface area contributed by atoms with Crippen molar-refractivity contribution in [3.8, 4) is 17.2 Å². The molecule has 2 aromatic carbocycles. The number of thiocarbonyl (C=S) groups is 1. The number of hydrogen-bond donors (Lipinski definition) is 1. The van der Waals surface area contributed by atoms with Gasteiger partial charge in [-0.05, 0) is 49.8 Å². The molecular weight excluding hydrogens is 446 g/mol. The number of nitrogens with zero attached hydrogens (tertiary/aromatic N) is 3. The van der Waals surface area contributed by atoms with Crippen LogP contribution in [0.25, 0.3) is 11.8 Å². The van der Waals surface area contributed by atoms with E-state index in [-0.39, 0.29) is 27.2 Å². The van der Waals surface area contributed by atoms with Crippen molar-refractivity contribution < 1.29 is 14.6 Å². The lowest BCUT2D eigenvalue weighted by Crippen LogP contribution is -2.33. The normalized spacial score (nSPS) is 15.1. The minimum Gasteiger partial charge on any atom is -0.504 e. The number of benzene rings is 2. The highest BCUT2D eigenvalue weighted by atomic mass is 32.2. The lowest BCUT2D eigenvalue weighted by molar-refractivity contribution is -0.113. The molecule has 0 spiro atoms. The Balaban J connectivity index is 1.74. The number of amides is 1. The zero-order chi connectivity index (χ0) is 23.0. The monoisotopic (exact) mass is 467 g/mol. The van der Waals surface area contributed by atoms with Gasteiger partial charge in [0.1, 0.15) is 5.69 Å². The zero-order valence-corrected chi connectivity index (χ0v) is 19.4. The van der Waals surface area contributed by atoms with E-state index in [2.05, 4.69) is 0 Å². The van der Waals surface area contributed by atoms with Crippen LogP contribution in [0.5, 0.6) is 11.5 Å². The lowest BCUT2D eigenvalue weighted by Gasteiger charge is -2.12. The number of phenols is 1. The van der Waals surface area contributed by atoms with Gasteiger partial charge in [-0.15, -0.1) is 0 Å². The van der Waals surface area contributed by atoms with E-state index in [0.29, 0.717) is 34.2 Å². The highest BCUT2D eigenvalue weighted by Gasteiger charge is 2.37. The van der Waals surface area contributed by atoms with E-state index < -0.39 is 0 Å². The Morgan fingerprint density at radius 3 is 2.56 bits per heavy atom. The van der Waals surface area contributed by atoms with E-state index in [0.717, 1.165) is 11.8 Å².